The van der Waals surface area contributed by atoms with E-state index in [1.807, 2.05) is 0 Å². The quantitative estimate of drug-likeness (QED) is 0.315. The van der Waals surface area contributed by atoms with E-state index in [0.29, 0.717) is 16.6 Å². The molecule has 2 radical (unpaired) electrons. The number of alkyl halides is 1. The summed E-state index contributed by atoms with van der Waals surface area (Å²) in [4.78, 5) is 0. The fourth-order valence-electron chi connectivity index (χ4n) is 8.73. The fourth-order valence-corrected chi connectivity index (χ4v) is 8.73. The standard InChI is InChI=1S/C27H44BF/c1-18(17-29)6-5-7-19(2)23-10-11-24-22-9-8-20-16-21(28)12-14-26(20,3)25(22)13-15-27(23,24)4/h8,18-19,21-25H,5-7,9-17H2,1-4H3/t18?,19-,21?,22?,23?,24?,25?,26?,27?/m1/s1. The van der Waals surface area contributed by atoms with Crippen LogP contribution in [0.15, 0.2) is 11.6 Å². The molecule has 162 valence electrons. The van der Waals surface area contributed by atoms with Crippen molar-refractivity contribution < 1.29 is 4.39 Å². The van der Waals surface area contributed by atoms with Gasteiger partial charge in [-0.1, -0.05) is 64.4 Å². The van der Waals surface area contributed by atoms with Crippen LogP contribution in [0.25, 0.3) is 0 Å². The van der Waals surface area contributed by atoms with E-state index in [4.69, 9.17) is 7.85 Å². The molecular weight excluding hydrogens is 354 g/mol. The van der Waals surface area contributed by atoms with E-state index < -0.39 is 0 Å². The van der Waals surface area contributed by atoms with E-state index >= 15 is 0 Å². The van der Waals surface area contributed by atoms with E-state index in [-0.39, 0.29) is 12.6 Å². The van der Waals surface area contributed by atoms with Crippen LogP contribution in [0.3, 0.4) is 0 Å². The van der Waals surface area contributed by atoms with E-state index in [0.717, 1.165) is 42.4 Å². The summed E-state index contributed by atoms with van der Waals surface area (Å²) in [6.07, 6.45) is 17.0. The molecule has 0 spiro atoms. The van der Waals surface area contributed by atoms with Gasteiger partial charge in [-0.3, -0.25) is 4.39 Å². The first-order valence-corrected chi connectivity index (χ1v) is 12.8. The van der Waals surface area contributed by atoms with Crippen LogP contribution in [0.1, 0.15) is 98.3 Å². The fraction of sp³-hybridized carbons (Fsp3) is 0.926. The van der Waals surface area contributed by atoms with Crippen molar-refractivity contribution in [3.63, 3.8) is 0 Å². The third kappa shape index (κ3) is 3.78. The zero-order valence-corrected chi connectivity index (χ0v) is 19.6. The largest absolute Gasteiger partial charge is 0.251 e. The predicted octanol–water partition coefficient (Wildman–Crippen LogP) is 7.93. The predicted molar refractivity (Wildman–Crippen MR) is 123 cm³/mol. The zero-order chi connectivity index (χ0) is 20.8. The second-order valence-corrected chi connectivity index (χ2v) is 12.2. The molecule has 0 aromatic carbocycles. The average Bonchev–Trinajstić information content (AvgIpc) is 3.05. The van der Waals surface area contributed by atoms with Gasteiger partial charge >= 0.3 is 0 Å². The summed E-state index contributed by atoms with van der Waals surface area (Å²) >= 11 is 0. The monoisotopic (exact) mass is 398 g/mol. The van der Waals surface area contributed by atoms with Crippen LogP contribution < -0.4 is 0 Å². The average molecular weight is 398 g/mol. The molecule has 4 aliphatic carbocycles. The van der Waals surface area contributed by atoms with Crippen LogP contribution in [0.2, 0.25) is 5.82 Å². The third-order valence-corrected chi connectivity index (χ3v) is 10.5. The number of hydrogen-bond acceptors (Lipinski definition) is 0. The van der Waals surface area contributed by atoms with E-state index in [1.54, 1.807) is 5.57 Å². The van der Waals surface area contributed by atoms with Crippen LogP contribution in [0.5, 0.6) is 0 Å². The summed E-state index contributed by atoms with van der Waals surface area (Å²) in [5, 5.41) is 0. The molecule has 0 aromatic rings. The lowest BCUT2D eigenvalue weighted by Gasteiger charge is -2.58. The van der Waals surface area contributed by atoms with Gasteiger partial charge in [0.1, 0.15) is 0 Å². The normalized spacial score (nSPS) is 46.2. The number of allylic oxidation sites excluding steroid dienone is 2. The van der Waals surface area contributed by atoms with Gasteiger partial charge in [-0.15, -0.1) is 0 Å². The van der Waals surface area contributed by atoms with Crippen molar-refractivity contribution in [1.29, 1.82) is 0 Å². The van der Waals surface area contributed by atoms with Crippen molar-refractivity contribution in [2.45, 2.75) is 104 Å². The molecule has 9 atom stereocenters. The van der Waals surface area contributed by atoms with Crippen LogP contribution >= 0.6 is 0 Å². The molecule has 29 heavy (non-hydrogen) atoms. The van der Waals surface area contributed by atoms with E-state index in [2.05, 4.69) is 33.8 Å². The lowest BCUT2D eigenvalue weighted by Crippen LogP contribution is -2.50. The molecule has 0 nitrogen and oxygen atoms in total. The molecule has 3 saturated carbocycles. The molecule has 0 N–H and O–H groups in total. The highest BCUT2D eigenvalue weighted by Gasteiger charge is 2.58. The van der Waals surface area contributed by atoms with Crippen molar-refractivity contribution in [1.82, 2.24) is 0 Å². The Morgan fingerprint density at radius 2 is 1.86 bits per heavy atom. The Balaban J connectivity index is 1.46. The molecule has 0 saturated heterocycles. The first kappa shape index (κ1) is 21.9. The lowest BCUT2D eigenvalue weighted by atomic mass is 9.46. The number of rotatable bonds is 6. The van der Waals surface area contributed by atoms with Crippen molar-refractivity contribution in [3.8, 4) is 0 Å². The molecule has 0 aromatic heterocycles. The number of fused-ring (bicyclic) bond motifs is 5. The van der Waals surface area contributed by atoms with Crippen LogP contribution in [0, 0.1) is 46.3 Å². The summed E-state index contributed by atoms with van der Waals surface area (Å²) in [7, 11) is 6.33. The molecule has 0 bridgehead atoms. The molecule has 3 fully saturated rings. The van der Waals surface area contributed by atoms with Crippen molar-refractivity contribution >= 4 is 7.85 Å². The highest BCUT2D eigenvalue weighted by atomic mass is 19.1. The minimum absolute atomic E-state index is 0.153. The molecule has 0 amide bonds. The van der Waals surface area contributed by atoms with Crippen LogP contribution in [-0.2, 0) is 0 Å². The second kappa shape index (κ2) is 8.35. The van der Waals surface area contributed by atoms with Gasteiger partial charge in [0.05, 0.1) is 14.5 Å². The van der Waals surface area contributed by atoms with Gasteiger partial charge in [-0.2, -0.15) is 0 Å². The first-order chi connectivity index (χ1) is 13.8. The maximum Gasteiger partial charge on any atom is 0.0919 e. The second-order valence-electron chi connectivity index (χ2n) is 12.2. The molecule has 0 aliphatic heterocycles. The molecule has 8 unspecified atom stereocenters. The Hall–Kier alpha value is -0.265. The minimum atomic E-state index is -0.153. The molecule has 0 heterocycles. The Morgan fingerprint density at radius 3 is 2.62 bits per heavy atom. The van der Waals surface area contributed by atoms with Crippen LogP contribution in [0.4, 0.5) is 4.39 Å². The first-order valence-electron chi connectivity index (χ1n) is 12.8. The zero-order valence-electron chi connectivity index (χ0n) is 19.6. The number of hydrogen-bond donors (Lipinski definition) is 0. The molecule has 4 rings (SSSR count). The van der Waals surface area contributed by atoms with Gasteiger partial charge < -0.3 is 0 Å². The molecular formula is C27H44BF. The summed E-state index contributed by atoms with van der Waals surface area (Å²) < 4.78 is 12.8. The van der Waals surface area contributed by atoms with E-state index in [1.165, 1.54) is 57.8 Å². The Labute approximate surface area is 181 Å². The van der Waals surface area contributed by atoms with Gasteiger partial charge in [0, 0.05) is 0 Å². The Bertz CT molecular complexity index is 614. The molecule has 2 heteroatoms. The smallest absolute Gasteiger partial charge is 0.0919 e. The molecule has 4 aliphatic rings. The summed E-state index contributed by atoms with van der Waals surface area (Å²) in [5.74, 6) is 5.05. The summed E-state index contributed by atoms with van der Waals surface area (Å²) in [5.41, 5.74) is 2.69. The van der Waals surface area contributed by atoms with E-state index in [9.17, 15) is 4.39 Å². The Morgan fingerprint density at radius 1 is 1.07 bits per heavy atom. The van der Waals surface area contributed by atoms with Crippen molar-refractivity contribution in [2.24, 2.45) is 46.3 Å². The maximum absolute atomic E-state index is 12.8. The highest BCUT2D eigenvalue weighted by molar-refractivity contribution is 6.11. The SMILES string of the molecule is [B]C1CCC2(C)C(=CCC3C2CCC2(C)C3CCC2[C@H](C)CCCC(C)CF)C1. The minimum Gasteiger partial charge on any atom is -0.251 e. The van der Waals surface area contributed by atoms with Gasteiger partial charge in [-0.25, -0.2) is 0 Å². The van der Waals surface area contributed by atoms with Crippen molar-refractivity contribution in [3.05, 3.63) is 11.6 Å². The van der Waals surface area contributed by atoms with Gasteiger partial charge in [-0.05, 0) is 97.7 Å². The van der Waals surface area contributed by atoms with Crippen LogP contribution in [-0.4, -0.2) is 14.5 Å². The van der Waals surface area contributed by atoms with Crippen molar-refractivity contribution in [2.75, 3.05) is 6.67 Å². The maximum atomic E-state index is 12.8. The Kier molecular flexibility index (Phi) is 6.32. The van der Waals surface area contributed by atoms with Gasteiger partial charge in [0.15, 0.2) is 0 Å². The lowest BCUT2D eigenvalue weighted by molar-refractivity contribution is -0.0500. The summed E-state index contributed by atoms with van der Waals surface area (Å²) in [6.45, 7) is 9.66. The highest BCUT2D eigenvalue weighted by Crippen LogP contribution is 2.67. The number of halogens is 1. The van der Waals surface area contributed by atoms with Gasteiger partial charge in [0.2, 0.25) is 0 Å². The third-order valence-electron chi connectivity index (χ3n) is 10.5. The van der Waals surface area contributed by atoms with Gasteiger partial charge in [0.25, 0.3) is 0 Å². The topological polar surface area (TPSA) is 0 Å². The summed E-state index contributed by atoms with van der Waals surface area (Å²) in [6, 6.07) is 0.